The quantitative estimate of drug-likeness (QED) is 0.399. The van der Waals surface area contributed by atoms with E-state index in [-0.39, 0.29) is 5.92 Å². The number of fused-ring (bicyclic) bond motifs is 1. The number of rotatable bonds is 4. The summed E-state index contributed by atoms with van der Waals surface area (Å²) in [6.07, 6.45) is 5.73. The Morgan fingerprint density at radius 2 is 1.96 bits per heavy atom. The molecule has 0 unspecified atom stereocenters. The number of carbonyl (C=O) groups is 1. The Bertz CT molecular complexity index is 983. The monoisotopic (exact) mass is 374 g/mol. The number of pyridine rings is 1. The lowest BCUT2D eigenvalue weighted by Gasteiger charge is -2.33. The van der Waals surface area contributed by atoms with Crippen molar-refractivity contribution in [1.82, 2.24) is 4.98 Å². The van der Waals surface area contributed by atoms with Gasteiger partial charge in [-0.3, -0.25) is 9.78 Å². The Labute approximate surface area is 165 Å². The summed E-state index contributed by atoms with van der Waals surface area (Å²) in [6.45, 7) is 1.82. The normalized spacial score (nSPS) is 15.2. The molecule has 1 aromatic heterocycles. The van der Waals surface area contributed by atoms with Gasteiger partial charge in [0.2, 0.25) is 0 Å². The van der Waals surface area contributed by atoms with Crippen LogP contribution >= 0.6 is 11.8 Å². The minimum Gasteiger partial charge on any atom is -0.371 e. The van der Waals surface area contributed by atoms with Crippen LogP contribution in [0, 0.1) is 5.92 Å². The molecule has 3 nitrogen and oxygen atoms in total. The zero-order valence-corrected chi connectivity index (χ0v) is 16.6. The van der Waals surface area contributed by atoms with Gasteiger partial charge in [0.05, 0.1) is 5.52 Å². The van der Waals surface area contributed by atoms with E-state index in [9.17, 15) is 4.79 Å². The van der Waals surface area contributed by atoms with Crippen molar-refractivity contribution in [3.05, 3.63) is 60.3 Å². The Morgan fingerprint density at radius 3 is 2.74 bits per heavy atom. The van der Waals surface area contributed by atoms with Crippen molar-refractivity contribution >= 4 is 47.4 Å². The van der Waals surface area contributed by atoms with Crippen LogP contribution in [0.25, 0.3) is 10.9 Å². The van der Waals surface area contributed by atoms with Crippen molar-refractivity contribution < 1.29 is 4.79 Å². The van der Waals surface area contributed by atoms with Crippen molar-refractivity contribution in [2.75, 3.05) is 24.2 Å². The van der Waals surface area contributed by atoms with E-state index in [4.69, 9.17) is 0 Å². The van der Waals surface area contributed by atoms with Crippen molar-refractivity contribution in [2.45, 2.75) is 17.7 Å². The van der Waals surface area contributed by atoms with Crippen LogP contribution in [0.5, 0.6) is 0 Å². The average Bonchev–Trinajstić information content (AvgIpc) is 2.73. The third kappa shape index (κ3) is 3.74. The summed E-state index contributed by atoms with van der Waals surface area (Å²) in [5.74, 6) is 0.411. The SMILES string of the molecule is Bc1ccc2nccc(N3CCC(C(=O)c4cccc(SC)c4)CC3)c2c1. The molecule has 0 N–H and O–H groups in total. The first-order valence-electron chi connectivity index (χ1n) is 9.44. The molecule has 0 aliphatic carbocycles. The number of aromatic nitrogens is 1. The number of hydrogen-bond donors (Lipinski definition) is 0. The van der Waals surface area contributed by atoms with Gasteiger partial charge in [0, 0.05) is 46.7 Å². The summed E-state index contributed by atoms with van der Waals surface area (Å²) in [7, 11) is 2.11. The van der Waals surface area contributed by atoms with Crippen LogP contribution in [0.1, 0.15) is 23.2 Å². The highest BCUT2D eigenvalue weighted by molar-refractivity contribution is 7.98. The molecule has 0 radical (unpaired) electrons. The van der Waals surface area contributed by atoms with E-state index < -0.39 is 0 Å². The molecule has 5 heteroatoms. The summed E-state index contributed by atoms with van der Waals surface area (Å²) in [5.41, 5.74) is 4.37. The number of piperidine rings is 1. The highest BCUT2D eigenvalue weighted by atomic mass is 32.2. The maximum atomic E-state index is 12.9. The molecule has 0 amide bonds. The minimum absolute atomic E-state index is 0.119. The van der Waals surface area contributed by atoms with E-state index in [0.29, 0.717) is 5.78 Å². The Hall–Kier alpha value is -2.27. The van der Waals surface area contributed by atoms with Gasteiger partial charge in [-0.05, 0) is 43.4 Å². The highest BCUT2D eigenvalue weighted by Crippen LogP contribution is 2.30. The van der Waals surface area contributed by atoms with Crippen LogP contribution in [0.4, 0.5) is 5.69 Å². The molecule has 0 atom stereocenters. The van der Waals surface area contributed by atoms with Crippen molar-refractivity contribution in [3.63, 3.8) is 0 Å². The van der Waals surface area contributed by atoms with Gasteiger partial charge in [0.1, 0.15) is 7.85 Å². The van der Waals surface area contributed by atoms with Gasteiger partial charge >= 0.3 is 0 Å². The molecule has 136 valence electrons. The van der Waals surface area contributed by atoms with Gasteiger partial charge in [-0.15, -0.1) is 11.8 Å². The first-order chi connectivity index (χ1) is 13.2. The van der Waals surface area contributed by atoms with Crippen LogP contribution in [0.2, 0.25) is 0 Å². The standard InChI is InChI=1S/C22H23BN2OS/c1-27-18-4-2-3-16(13-18)22(26)15-8-11-25(12-9-15)21-7-10-24-20-6-5-17(23)14-19(20)21/h2-7,10,13-15H,8-9,11-12,23H2,1H3. The summed E-state index contributed by atoms with van der Waals surface area (Å²) in [4.78, 5) is 21.0. The van der Waals surface area contributed by atoms with Crippen molar-refractivity contribution in [2.24, 2.45) is 5.92 Å². The maximum absolute atomic E-state index is 12.9. The summed E-state index contributed by atoms with van der Waals surface area (Å²) < 4.78 is 0. The van der Waals surface area contributed by atoms with Gasteiger partial charge in [0.25, 0.3) is 0 Å². The number of Topliss-reactive ketones (excluding diaryl/α,β-unsaturated/α-hetero) is 1. The first-order valence-corrected chi connectivity index (χ1v) is 10.7. The van der Waals surface area contributed by atoms with E-state index in [1.165, 1.54) is 16.5 Å². The summed E-state index contributed by atoms with van der Waals surface area (Å²) >= 11 is 1.68. The molecule has 2 heterocycles. The molecule has 27 heavy (non-hydrogen) atoms. The van der Waals surface area contributed by atoms with Gasteiger partial charge in [-0.1, -0.05) is 29.7 Å². The molecular weight excluding hydrogens is 351 g/mol. The van der Waals surface area contributed by atoms with E-state index in [1.807, 2.05) is 30.7 Å². The van der Waals surface area contributed by atoms with E-state index in [2.05, 4.69) is 48.1 Å². The fraction of sp³-hybridized carbons (Fsp3) is 0.273. The summed E-state index contributed by atoms with van der Waals surface area (Å²) in [6, 6.07) is 16.5. The van der Waals surface area contributed by atoms with E-state index in [1.54, 1.807) is 11.8 Å². The summed E-state index contributed by atoms with van der Waals surface area (Å²) in [5, 5.41) is 1.20. The second-order valence-electron chi connectivity index (χ2n) is 7.21. The Kier molecular flexibility index (Phi) is 5.21. The molecule has 1 fully saturated rings. The predicted octanol–water partition coefficient (Wildman–Crippen LogP) is 3.31. The minimum atomic E-state index is 0.119. The molecule has 1 saturated heterocycles. The number of carbonyl (C=O) groups excluding carboxylic acids is 1. The number of hydrogen-bond acceptors (Lipinski definition) is 4. The van der Waals surface area contributed by atoms with Crippen molar-refractivity contribution in [3.8, 4) is 0 Å². The lowest BCUT2D eigenvalue weighted by molar-refractivity contribution is 0.0900. The predicted molar refractivity (Wildman–Crippen MR) is 117 cm³/mol. The fourth-order valence-electron chi connectivity index (χ4n) is 3.92. The number of benzene rings is 2. The zero-order valence-electron chi connectivity index (χ0n) is 15.8. The Morgan fingerprint density at radius 1 is 1.15 bits per heavy atom. The van der Waals surface area contributed by atoms with Crippen LogP contribution in [0.15, 0.2) is 59.6 Å². The van der Waals surface area contributed by atoms with Gasteiger partial charge in [-0.2, -0.15) is 0 Å². The number of thioether (sulfide) groups is 1. The largest absolute Gasteiger partial charge is 0.371 e. The molecule has 4 rings (SSSR count). The zero-order chi connectivity index (χ0) is 18.8. The van der Waals surface area contributed by atoms with E-state index >= 15 is 0 Å². The highest BCUT2D eigenvalue weighted by Gasteiger charge is 2.26. The molecule has 2 aromatic carbocycles. The molecule has 1 aliphatic rings. The number of ketones is 1. The van der Waals surface area contributed by atoms with Gasteiger partial charge in [0.15, 0.2) is 5.78 Å². The Balaban J connectivity index is 1.51. The fourth-order valence-corrected chi connectivity index (χ4v) is 4.38. The number of anilines is 1. The lowest BCUT2D eigenvalue weighted by atomic mass is 9.88. The molecule has 0 bridgehead atoms. The number of nitrogens with zero attached hydrogens (tertiary/aromatic N) is 2. The van der Waals surface area contributed by atoms with Gasteiger partial charge < -0.3 is 4.90 Å². The van der Waals surface area contributed by atoms with E-state index in [0.717, 1.165) is 41.9 Å². The van der Waals surface area contributed by atoms with Crippen LogP contribution in [-0.2, 0) is 0 Å². The second-order valence-corrected chi connectivity index (χ2v) is 8.09. The average molecular weight is 374 g/mol. The van der Waals surface area contributed by atoms with Crippen LogP contribution in [-0.4, -0.2) is 38.0 Å². The van der Waals surface area contributed by atoms with Crippen LogP contribution in [0.3, 0.4) is 0 Å². The maximum Gasteiger partial charge on any atom is 0.166 e. The second kappa shape index (κ2) is 7.77. The molecule has 3 aromatic rings. The molecule has 0 saturated carbocycles. The first kappa shape index (κ1) is 18.1. The lowest BCUT2D eigenvalue weighted by Crippen LogP contribution is -2.36. The molecular formula is C22H23BN2OS. The molecule has 0 spiro atoms. The van der Waals surface area contributed by atoms with Crippen molar-refractivity contribution in [1.29, 1.82) is 0 Å². The third-order valence-electron chi connectivity index (χ3n) is 5.43. The van der Waals surface area contributed by atoms with Crippen LogP contribution < -0.4 is 10.4 Å². The molecule has 1 aliphatic heterocycles. The topological polar surface area (TPSA) is 33.2 Å². The third-order valence-corrected chi connectivity index (χ3v) is 6.16. The smallest absolute Gasteiger partial charge is 0.166 e. The van der Waals surface area contributed by atoms with Gasteiger partial charge in [-0.25, -0.2) is 0 Å².